The minimum absolute atomic E-state index is 0.156. The molecule has 0 aromatic carbocycles. The van der Waals surface area contributed by atoms with Crippen molar-refractivity contribution in [3.63, 3.8) is 0 Å². The molecular weight excluding hydrogens is 178 g/mol. The Morgan fingerprint density at radius 3 is 2.29 bits per heavy atom. The second-order valence-electron chi connectivity index (χ2n) is 4.39. The lowest BCUT2D eigenvalue weighted by molar-refractivity contribution is 0.0907. The largest absolute Gasteiger partial charge is 0.394 e. The molecule has 0 bridgehead atoms. The number of hydrogen-bond donors (Lipinski definition) is 3. The van der Waals surface area contributed by atoms with Gasteiger partial charge >= 0.3 is 0 Å². The number of rotatable bonds is 5. The van der Waals surface area contributed by atoms with E-state index in [1.807, 2.05) is 0 Å². The zero-order valence-corrected chi connectivity index (χ0v) is 9.29. The lowest BCUT2D eigenvalue weighted by atomic mass is 9.92. The molecule has 1 saturated carbocycles. The van der Waals surface area contributed by atoms with Gasteiger partial charge in [-0.15, -0.1) is 0 Å². The van der Waals surface area contributed by atoms with Gasteiger partial charge in [0.25, 0.3) is 0 Å². The zero-order valence-electron chi connectivity index (χ0n) is 9.29. The third kappa shape index (κ3) is 2.47. The minimum Gasteiger partial charge on any atom is -0.394 e. The van der Waals surface area contributed by atoms with Crippen molar-refractivity contribution in [2.75, 3.05) is 6.61 Å². The molecule has 0 unspecified atom stereocenters. The van der Waals surface area contributed by atoms with E-state index in [0.717, 1.165) is 32.1 Å². The third-order valence-corrected chi connectivity index (χ3v) is 3.63. The molecule has 0 amide bonds. The van der Waals surface area contributed by atoms with Gasteiger partial charge in [-0.05, 0) is 32.1 Å². The maximum absolute atomic E-state index is 9.69. The normalized spacial score (nSPS) is 28.3. The van der Waals surface area contributed by atoms with Gasteiger partial charge in [0.15, 0.2) is 0 Å². The van der Waals surface area contributed by atoms with E-state index >= 15 is 0 Å². The van der Waals surface area contributed by atoms with Crippen molar-refractivity contribution in [3.8, 4) is 0 Å². The molecule has 0 radical (unpaired) electrons. The molecule has 1 aliphatic carbocycles. The number of aliphatic hydroxyl groups is 2. The number of nitrogens with one attached hydrogen (secondary N) is 1. The van der Waals surface area contributed by atoms with Gasteiger partial charge in [-0.3, -0.25) is 0 Å². The average molecular weight is 201 g/mol. The Kier molecular flexibility index (Phi) is 4.35. The molecule has 1 aliphatic rings. The topological polar surface area (TPSA) is 52.5 Å². The van der Waals surface area contributed by atoms with Crippen LogP contribution < -0.4 is 5.32 Å². The summed E-state index contributed by atoms with van der Waals surface area (Å²) in [7, 11) is 0. The Morgan fingerprint density at radius 1 is 1.29 bits per heavy atom. The van der Waals surface area contributed by atoms with Crippen LogP contribution in [0.1, 0.15) is 46.0 Å². The van der Waals surface area contributed by atoms with Gasteiger partial charge < -0.3 is 15.5 Å². The number of hydrogen-bond acceptors (Lipinski definition) is 3. The van der Waals surface area contributed by atoms with Gasteiger partial charge in [0.1, 0.15) is 0 Å². The fourth-order valence-electron chi connectivity index (χ4n) is 2.23. The van der Waals surface area contributed by atoms with Crippen LogP contribution in [0.15, 0.2) is 0 Å². The van der Waals surface area contributed by atoms with Crippen LogP contribution in [0.3, 0.4) is 0 Å². The highest BCUT2D eigenvalue weighted by Gasteiger charge is 2.33. The first-order chi connectivity index (χ1) is 6.67. The second-order valence-corrected chi connectivity index (χ2v) is 4.39. The fourth-order valence-corrected chi connectivity index (χ4v) is 2.23. The van der Waals surface area contributed by atoms with Gasteiger partial charge in [0, 0.05) is 11.6 Å². The molecule has 3 N–H and O–H groups in total. The minimum atomic E-state index is -0.223. The Labute approximate surface area is 86.5 Å². The lowest BCUT2D eigenvalue weighted by Crippen LogP contribution is -2.54. The summed E-state index contributed by atoms with van der Waals surface area (Å²) in [5.74, 6) is 0. The first-order valence-electron chi connectivity index (χ1n) is 5.74. The Balaban J connectivity index is 2.54. The Hall–Kier alpha value is -0.120. The summed E-state index contributed by atoms with van der Waals surface area (Å²) >= 11 is 0. The van der Waals surface area contributed by atoms with E-state index in [1.54, 1.807) is 0 Å². The summed E-state index contributed by atoms with van der Waals surface area (Å²) in [5.41, 5.74) is -0.185. The van der Waals surface area contributed by atoms with Crippen LogP contribution in [-0.2, 0) is 0 Å². The van der Waals surface area contributed by atoms with E-state index in [0.29, 0.717) is 0 Å². The number of aliphatic hydroxyl groups excluding tert-OH is 2. The average Bonchev–Trinajstić information content (AvgIpc) is 2.61. The lowest BCUT2D eigenvalue weighted by Gasteiger charge is -2.35. The molecule has 1 fully saturated rings. The first-order valence-corrected chi connectivity index (χ1v) is 5.74. The van der Waals surface area contributed by atoms with Crippen LogP contribution in [0.25, 0.3) is 0 Å². The smallest absolute Gasteiger partial charge is 0.0693 e. The molecular formula is C11H23NO2. The Morgan fingerprint density at radius 2 is 1.93 bits per heavy atom. The van der Waals surface area contributed by atoms with Gasteiger partial charge in [0.2, 0.25) is 0 Å². The van der Waals surface area contributed by atoms with Crippen molar-refractivity contribution in [2.45, 2.75) is 63.6 Å². The van der Waals surface area contributed by atoms with Crippen molar-refractivity contribution < 1.29 is 10.2 Å². The summed E-state index contributed by atoms with van der Waals surface area (Å²) in [6.45, 7) is 4.31. The van der Waals surface area contributed by atoms with E-state index in [4.69, 9.17) is 0 Å². The quantitative estimate of drug-likeness (QED) is 0.623. The highest BCUT2D eigenvalue weighted by molar-refractivity contribution is 4.93. The SMILES string of the molecule is CCC(CC)(CO)N[C@@H]1CCC[C@H]1O. The van der Waals surface area contributed by atoms with Crippen molar-refractivity contribution in [3.05, 3.63) is 0 Å². The van der Waals surface area contributed by atoms with E-state index < -0.39 is 0 Å². The Bertz CT molecular complexity index is 160. The van der Waals surface area contributed by atoms with Crippen LogP contribution in [0.4, 0.5) is 0 Å². The van der Waals surface area contributed by atoms with Crippen LogP contribution >= 0.6 is 0 Å². The predicted octanol–water partition coefficient (Wildman–Crippen LogP) is 1.04. The summed E-state index contributed by atoms with van der Waals surface area (Å²) in [5, 5.41) is 22.5. The third-order valence-electron chi connectivity index (χ3n) is 3.63. The van der Waals surface area contributed by atoms with Crippen LogP contribution in [0.5, 0.6) is 0 Å². The monoisotopic (exact) mass is 201 g/mol. The van der Waals surface area contributed by atoms with E-state index in [2.05, 4.69) is 19.2 Å². The molecule has 0 saturated heterocycles. The molecule has 0 aliphatic heterocycles. The van der Waals surface area contributed by atoms with Crippen LogP contribution in [0.2, 0.25) is 0 Å². The van der Waals surface area contributed by atoms with Crippen molar-refractivity contribution >= 4 is 0 Å². The molecule has 14 heavy (non-hydrogen) atoms. The summed E-state index contributed by atoms with van der Waals surface area (Å²) in [6.07, 6.45) is 4.61. The predicted molar refractivity (Wildman–Crippen MR) is 57.2 cm³/mol. The van der Waals surface area contributed by atoms with E-state index in [-0.39, 0.29) is 24.3 Å². The van der Waals surface area contributed by atoms with E-state index in [1.165, 1.54) is 0 Å². The van der Waals surface area contributed by atoms with E-state index in [9.17, 15) is 10.2 Å². The van der Waals surface area contributed by atoms with Crippen molar-refractivity contribution in [1.82, 2.24) is 5.32 Å². The highest BCUT2D eigenvalue weighted by atomic mass is 16.3. The summed E-state index contributed by atoms with van der Waals surface area (Å²) in [6, 6.07) is 0.182. The van der Waals surface area contributed by atoms with Crippen LogP contribution in [0, 0.1) is 0 Å². The molecule has 0 spiro atoms. The van der Waals surface area contributed by atoms with Gasteiger partial charge in [-0.2, -0.15) is 0 Å². The summed E-state index contributed by atoms with van der Waals surface area (Å²) < 4.78 is 0. The maximum Gasteiger partial charge on any atom is 0.0693 e. The molecule has 1 rings (SSSR count). The first kappa shape index (κ1) is 12.0. The molecule has 2 atom stereocenters. The second kappa shape index (κ2) is 5.10. The van der Waals surface area contributed by atoms with Crippen molar-refractivity contribution in [1.29, 1.82) is 0 Å². The molecule has 0 aromatic heterocycles. The van der Waals surface area contributed by atoms with Gasteiger partial charge in [-0.25, -0.2) is 0 Å². The molecule has 3 nitrogen and oxygen atoms in total. The van der Waals surface area contributed by atoms with Crippen LogP contribution in [-0.4, -0.2) is 34.5 Å². The molecule has 0 heterocycles. The van der Waals surface area contributed by atoms with Crippen molar-refractivity contribution in [2.24, 2.45) is 0 Å². The fraction of sp³-hybridized carbons (Fsp3) is 1.00. The molecule has 0 aromatic rings. The zero-order chi connectivity index (χ0) is 10.6. The van der Waals surface area contributed by atoms with Gasteiger partial charge in [-0.1, -0.05) is 13.8 Å². The molecule has 3 heteroatoms. The highest BCUT2D eigenvalue weighted by Crippen LogP contribution is 2.24. The summed E-state index contributed by atoms with van der Waals surface area (Å²) in [4.78, 5) is 0. The standard InChI is InChI=1S/C11H23NO2/c1-3-11(4-2,8-13)12-9-6-5-7-10(9)14/h9-10,12-14H,3-8H2,1-2H3/t9-,10-/m1/s1. The molecule has 84 valence electrons. The van der Waals surface area contributed by atoms with Gasteiger partial charge in [0.05, 0.1) is 12.7 Å². The maximum atomic E-state index is 9.69.